The lowest BCUT2D eigenvalue weighted by molar-refractivity contribution is 0.592. The maximum atomic E-state index is 5.36. The van der Waals surface area contributed by atoms with Crippen LogP contribution >= 0.6 is 11.8 Å². The molecule has 4 aromatic carbocycles. The van der Waals surface area contributed by atoms with Gasteiger partial charge in [0.2, 0.25) is 0 Å². The van der Waals surface area contributed by atoms with Crippen LogP contribution in [0.1, 0.15) is 66.7 Å². The fraction of sp³-hybridized carbons (Fsp3) is 0.191. The molecule has 0 saturated carbocycles. The van der Waals surface area contributed by atoms with Crippen LogP contribution in [0, 0.1) is 5.92 Å². The van der Waals surface area contributed by atoms with Crippen molar-refractivity contribution in [1.82, 2.24) is 4.98 Å². The number of fused-ring (bicyclic) bond motifs is 7. The summed E-state index contributed by atoms with van der Waals surface area (Å²) in [6.45, 7) is 6.93. The molecule has 2 nitrogen and oxygen atoms in total. The number of nitrogens with zero attached hydrogens (tertiary/aromatic N) is 2. The first kappa shape index (κ1) is 31.0. The summed E-state index contributed by atoms with van der Waals surface area (Å²) in [4.78, 5) is 12.1. The molecule has 0 saturated heterocycles. The molecule has 3 heteroatoms. The molecule has 4 aliphatic rings. The Kier molecular flexibility index (Phi) is 7.70. The minimum Gasteiger partial charge on any atom is -0.274 e. The molecule has 2 aliphatic heterocycles. The number of pyridine rings is 1. The first-order valence-corrected chi connectivity index (χ1v) is 18.8. The Hall–Kier alpha value is -4.99. The van der Waals surface area contributed by atoms with Gasteiger partial charge in [-0.15, -0.1) is 11.8 Å². The van der Waals surface area contributed by atoms with E-state index in [4.69, 9.17) is 9.98 Å². The van der Waals surface area contributed by atoms with Crippen LogP contribution in [0.3, 0.4) is 0 Å². The van der Waals surface area contributed by atoms with Gasteiger partial charge < -0.3 is 0 Å². The Morgan fingerprint density at radius 2 is 1.50 bits per heavy atom. The van der Waals surface area contributed by atoms with Gasteiger partial charge in [-0.25, -0.2) is 4.98 Å². The Morgan fingerprint density at radius 3 is 2.38 bits per heavy atom. The smallest absolute Gasteiger partial charge is 0.103 e. The summed E-state index contributed by atoms with van der Waals surface area (Å²) in [7, 11) is 0. The first-order chi connectivity index (χ1) is 24.5. The Balaban J connectivity index is 1.00. The molecule has 0 N–H and O–H groups in total. The third-order valence-electron chi connectivity index (χ3n) is 10.9. The van der Waals surface area contributed by atoms with E-state index in [1.54, 1.807) is 0 Å². The summed E-state index contributed by atoms with van der Waals surface area (Å²) in [6.07, 6.45) is 20.0. The normalized spacial score (nSPS) is 22.1. The van der Waals surface area contributed by atoms with Crippen LogP contribution in [-0.4, -0.2) is 15.9 Å². The fourth-order valence-corrected chi connectivity index (χ4v) is 9.13. The number of allylic oxidation sites excluding steroid dienone is 4. The zero-order chi connectivity index (χ0) is 33.8. The van der Waals surface area contributed by atoms with Gasteiger partial charge in [-0.1, -0.05) is 136 Å². The van der Waals surface area contributed by atoms with Crippen molar-refractivity contribution in [2.24, 2.45) is 10.9 Å². The molecule has 9 rings (SSSR count). The highest BCUT2D eigenvalue weighted by Crippen LogP contribution is 2.49. The Bertz CT molecular complexity index is 2300. The van der Waals surface area contributed by atoms with Crippen molar-refractivity contribution in [3.63, 3.8) is 0 Å². The van der Waals surface area contributed by atoms with E-state index in [1.165, 1.54) is 43.8 Å². The van der Waals surface area contributed by atoms with E-state index in [-0.39, 0.29) is 17.4 Å². The molecule has 2 aliphatic carbocycles. The second-order valence-electron chi connectivity index (χ2n) is 14.3. The standard InChI is InChI=1S/C47H40N2S/c1-4-37-11-7-5-6-10-36-28-34(23-27-44(36)50-37)30-14-16-31(17-15-30)42-25-21-32-18-19-33-22-26-43(49-46(33)45(32)48-42)35-20-24-39-38-12-8-9-13-40(38)47(2,3)41(39)29-35/h5-9,11-29,32,37,45H,4,10H2,1-3H3/b6-5-,11-7-. The SMILES string of the molecule is CCC1/C=C\C=C/Cc2cc(-c3ccc(C4=NC5c6nc(-c7ccc8c(c7)C(C)(C)c7ccccc7-8)ccc6C=CC5C=C4)cc3)ccc2S1. The number of rotatable bonds is 4. The number of hydrogen-bond donors (Lipinski definition) is 0. The fourth-order valence-electron chi connectivity index (χ4n) is 8.02. The lowest BCUT2D eigenvalue weighted by Gasteiger charge is -2.28. The average Bonchev–Trinajstić information content (AvgIpc) is 3.45. The highest BCUT2D eigenvalue weighted by Gasteiger charge is 2.35. The summed E-state index contributed by atoms with van der Waals surface area (Å²) >= 11 is 1.98. The Labute approximate surface area is 300 Å². The molecular weight excluding hydrogens is 625 g/mol. The van der Waals surface area contributed by atoms with E-state index in [0.717, 1.165) is 46.6 Å². The summed E-state index contributed by atoms with van der Waals surface area (Å²) in [5.41, 5.74) is 15.8. The van der Waals surface area contributed by atoms with E-state index >= 15 is 0 Å². The average molecular weight is 665 g/mol. The molecular formula is C47H40N2S. The van der Waals surface area contributed by atoms with Crippen molar-refractivity contribution in [1.29, 1.82) is 0 Å². The predicted octanol–water partition coefficient (Wildman–Crippen LogP) is 12.0. The maximum Gasteiger partial charge on any atom is 0.103 e. The van der Waals surface area contributed by atoms with Crippen molar-refractivity contribution < 1.29 is 0 Å². The number of aliphatic imine (C=N–C) groups is 1. The van der Waals surface area contributed by atoms with Crippen LogP contribution in [0.5, 0.6) is 0 Å². The lowest BCUT2D eigenvalue weighted by Crippen LogP contribution is -2.19. The quantitative estimate of drug-likeness (QED) is 0.191. The summed E-state index contributed by atoms with van der Waals surface area (Å²) in [5, 5.41) is 0.504. The van der Waals surface area contributed by atoms with Gasteiger partial charge in [0, 0.05) is 27.0 Å². The van der Waals surface area contributed by atoms with Crippen molar-refractivity contribution in [3.8, 4) is 33.5 Å². The summed E-state index contributed by atoms with van der Waals surface area (Å²) in [6, 6.07) is 35.9. The van der Waals surface area contributed by atoms with Gasteiger partial charge >= 0.3 is 0 Å². The number of thioether (sulfide) groups is 1. The van der Waals surface area contributed by atoms with Gasteiger partial charge in [-0.05, 0) is 93.3 Å². The molecule has 0 bridgehead atoms. The lowest BCUT2D eigenvalue weighted by atomic mass is 9.81. The van der Waals surface area contributed by atoms with E-state index in [0.29, 0.717) is 5.25 Å². The summed E-state index contributed by atoms with van der Waals surface area (Å²) in [5.74, 6) is 0.198. The van der Waals surface area contributed by atoms with E-state index in [9.17, 15) is 0 Å². The third kappa shape index (κ3) is 5.36. The topological polar surface area (TPSA) is 25.2 Å². The molecule has 3 unspecified atom stereocenters. The zero-order valence-electron chi connectivity index (χ0n) is 28.8. The molecule has 1 aromatic heterocycles. The zero-order valence-corrected chi connectivity index (χ0v) is 29.6. The molecule has 5 aromatic rings. The molecule has 0 spiro atoms. The van der Waals surface area contributed by atoms with Gasteiger partial charge in [-0.3, -0.25) is 4.99 Å². The summed E-state index contributed by atoms with van der Waals surface area (Å²) < 4.78 is 0. The number of hydrogen-bond acceptors (Lipinski definition) is 3. The molecule has 244 valence electrons. The van der Waals surface area contributed by atoms with Crippen LogP contribution in [0.15, 0.2) is 149 Å². The van der Waals surface area contributed by atoms with Crippen LogP contribution in [0.25, 0.3) is 39.6 Å². The van der Waals surface area contributed by atoms with Crippen LogP contribution in [0.4, 0.5) is 0 Å². The van der Waals surface area contributed by atoms with E-state index in [2.05, 4.69) is 166 Å². The minimum absolute atomic E-state index is 0.0442. The van der Waals surface area contributed by atoms with Gasteiger partial charge in [0.15, 0.2) is 0 Å². The van der Waals surface area contributed by atoms with Gasteiger partial charge in [-0.2, -0.15) is 0 Å². The second-order valence-corrected chi connectivity index (χ2v) is 15.6. The molecule has 0 radical (unpaired) electrons. The monoisotopic (exact) mass is 664 g/mol. The molecule has 0 fully saturated rings. The molecule has 50 heavy (non-hydrogen) atoms. The first-order valence-electron chi connectivity index (χ1n) is 17.9. The highest BCUT2D eigenvalue weighted by molar-refractivity contribution is 8.00. The number of aromatic nitrogens is 1. The van der Waals surface area contributed by atoms with E-state index in [1.807, 2.05) is 11.8 Å². The second kappa shape index (κ2) is 12.4. The van der Waals surface area contributed by atoms with Crippen LogP contribution in [-0.2, 0) is 11.8 Å². The molecule has 3 heterocycles. The van der Waals surface area contributed by atoms with Crippen molar-refractivity contribution in [3.05, 3.63) is 173 Å². The van der Waals surface area contributed by atoms with Gasteiger partial charge in [0.1, 0.15) is 6.04 Å². The third-order valence-corrected chi connectivity index (χ3v) is 12.3. The molecule has 0 amide bonds. The Morgan fingerprint density at radius 1 is 0.720 bits per heavy atom. The van der Waals surface area contributed by atoms with Gasteiger partial charge in [0.05, 0.1) is 17.1 Å². The minimum atomic E-state index is -0.0468. The van der Waals surface area contributed by atoms with Crippen molar-refractivity contribution >= 4 is 23.5 Å². The number of dihydropyridines is 1. The molecule has 3 atom stereocenters. The largest absolute Gasteiger partial charge is 0.274 e. The highest BCUT2D eigenvalue weighted by atomic mass is 32.2. The predicted molar refractivity (Wildman–Crippen MR) is 212 cm³/mol. The van der Waals surface area contributed by atoms with Gasteiger partial charge in [0.25, 0.3) is 0 Å². The number of benzene rings is 4. The van der Waals surface area contributed by atoms with Crippen molar-refractivity contribution in [2.45, 2.75) is 55.2 Å². The van der Waals surface area contributed by atoms with E-state index < -0.39 is 0 Å². The van der Waals surface area contributed by atoms with Crippen molar-refractivity contribution in [2.75, 3.05) is 0 Å². The van der Waals surface area contributed by atoms with Crippen LogP contribution in [0.2, 0.25) is 0 Å². The maximum absolute atomic E-state index is 5.36. The van der Waals surface area contributed by atoms with Crippen LogP contribution < -0.4 is 0 Å².